The molecule has 0 aromatic heterocycles. The van der Waals surface area contributed by atoms with E-state index >= 15 is 0 Å². The van der Waals surface area contributed by atoms with Gasteiger partial charge in [-0.25, -0.2) is 0 Å². The summed E-state index contributed by atoms with van der Waals surface area (Å²) in [6, 6.07) is 5.31. The van der Waals surface area contributed by atoms with Crippen LogP contribution in [0.4, 0.5) is 0 Å². The predicted octanol–water partition coefficient (Wildman–Crippen LogP) is 2.04. The number of piperidine rings is 1. The highest BCUT2D eigenvalue weighted by molar-refractivity contribution is 5.95. The molecule has 0 spiro atoms. The van der Waals surface area contributed by atoms with Gasteiger partial charge in [-0.05, 0) is 43.4 Å². The summed E-state index contributed by atoms with van der Waals surface area (Å²) >= 11 is 0. The summed E-state index contributed by atoms with van der Waals surface area (Å²) in [4.78, 5) is 14.4. The van der Waals surface area contributed by atoms with Crippen LogP contribution >= 0.6 is 0 Å². The van der Waals surface area contributed by atoms with Crippen LogP contribution in [0.5, 0.6) is 11.5 Å². The molecule has 3 rings (SSSR count). The lowest BCUT2D eigenvalue weighted by Gasteiger charge is -2.34. The number of aliphatic hydroxyl groups excluding tert-OH is 1. The van der Waals surface area contributed by atoms with Gasteiger partial charge in [0.25, 0.3) is 5.91 Å². The molecule has 0 bridgehead atoms. The van der Waals surface area contributed by atoms with Crippen molar-refractivity contribution >= 4 is 5.91 Å². The van der Waals surface area contributed by atoms with E-state index in [2.05, 4.69) is 0 Å². The van der Waals surface area contributed by atoms with E-state index in [0.29, 0.717) is 36.1 Å². The van der Waals surface area contributed by atoms with Gasteiger partial charge in [0.1, 0.15) is 0 Å². The minimum atomic E-state index is -0.243. The fourth-order valence-corrected chi connectivity index (χ4v) is 3.03. The van der Waals surface area contributed by atoms with Gasteiger partial charge in [0.05, 0.1) is 6.10 Å². The number of amides is 1. The molecule has 1 aromatic carbocycles. The Morgan fingerprint density at radius 2 is 2.05 bits per heavy atom. The molecule has 1 aromatic rings. The topological polar surface area (TPSA) is 59.0 Å². The standard InChI is InChI=1S/C16H21NO4/c1-2-13(18)11-5-7-17(8-6-11)16(19)12-3-4-14-15(9-12)21-10-20-14/h3-4,9,11,13,18H,2,5-8,10H2,1H3. The maximum atomic E-state index is 12.5. The minimum absolute atomic E-state index is 0.0257. The second-order valence-electron chi connectivity index (χ2n) is 5.67. The largest absolute Gasteiger partial charge is 0.454 e. The number of carbonyl (C=O) groups excluding carboxylic acids is 1. The van der Waals surface area contributed by atoms with E-state index in [-0.39, 0.29) is 18.8 Å². The Kier molecular flexibility index (Phi) is 4.01. The van der Waals surface area contributed by atoms with Crippen LogP contribution in [0, 0.1) is 5.92 Å². The summed E-state index contributed by atoms with van der Waals surface area (Å²) in [6.45, 7) is 3.62. The van der Waals surface area contributed by atoms with E-state index in [1.165, 1.54) is 0 Å². The van der Waals surface area contributed by atoms with Crippen LogP contribution < -0.4 is 9.47 Å². The first kappa shape index (κ1) is 14.2. The first-order valence-electron chi connectivity index (χ1n) is 7.56. The molecule has 21 heavy (non-hydrogen) atoms. The summed E-state index contributed by atoms with van der Waals surface area (Å²) in [5, 5.41) is 9.90. The van der Waals surface area contributed by atoms with Crippen LogP contribution in [-0.4, -0.2) is 41.9 Å². The number of ether oxygens (including phenoxy) is 2. The van der Waals surface area contributed by atoms with Crippen molar-refractivity contribution in [1.29, 1.82) is 0 Å². The maximum Gasteiger partial charge on any atom is 0.253 e. The minimum Gasteiger partial charge on any atom is -0.454 e. The molecule has 1 unspecified atom stereocenters. The Hall–Kier alpha value is -1.75. The molecule has 0 radical (unpaired) electrons. The third-order valence-corrected chi connectivity index (χ3v) is 4.41. The summed E-state index contributed by atoms with van der Waals surface area (Å²) in [5.74, 6) is 1.67. The highest BCUT2D eigenvalue weighted by Crippen LogP contribution is 2.33. The summed E-state index contributed by atoms with van der Waals surface area (Å²) in [5.41, 5.74) is 0.633. The average Bonchev–Trinajstić information content (AvgIpc) is 3.01. The van der Waals surface area contributed by atoms with Gasteiger partial charge in [-0.1, -0.05) is 6.92 Å². The van der Waals surface area contributed by atoms with Crippen LogP contribution in [0.25, 0.3) is 0 Å². The number of likely N-dealkylation sites (tertiary alicyclic amines) is 1. The molecular formula is C16H21NO4. The molecule has 0 saturated carbocycles. The van der Waals surface area contributed by atoms with Gasteiger partial charge in [0, 0.05) is 18.7 Å². The first-order chi connectivity index (χ1) is 10.2. The molecule has 1 atom stereocenters. The number of carbonyl (C=O) groups is 1. The number of benzene rings is 1. The van der Waals surface area contributed by atoms with Crippen LogP contribution in [0.2, 0.25) is 0 Å². The van der Waals surface area contributed by atoms with Gasteiger partial charge < -0.3 is 19.5 Å². The fourth-order valence-electron chi connectivity index (χ4n) is 3.03. The third kappa shape index (κ3) is 2.83. The number of fused-ring (bicyclic) bond motifs is 1. The number of rotatable bonds is 3. The second kappa shape index (κ2) is 5.93. The molecule has 1 saturated heterocycles. The molecule has 5 heteroatoms. The Bertz CT molecular complexity index is 523. The summed E-state index contributed by atoms with van der Waals surface area (Å²) in [7, 11) is 0. The van der Waals surface area contributed by atoms with Crippen molar-refractivity contribution in [3.05, 3.63) is 23.8 Å². The van der Waals surface area contributed by atoms with Gasteiger partial charge in [-0.3, -0.25) is 4.79 Å². The monoisotopic (exact) mass is 291 g/mol. The smallest absolute Gasteiger partial charge is 0.253 e. The van der Waals surface area contributed by atoms with Crippen molar-refractivity contribution < 1.29 is 19.4 Å². The van der Waals surface area contributed by atoms with Gasteiger partial charge in [0.2, 0.25) is 6.79 Å². The van der Waals surface area contributed by atoms with E-state index in [9.17, 15) is 9.90 Å². The van der Waals surface area contributed by atoms with Crippen molar-refractivity contribution in [2.45, 2.75) is 32.3 Å². The highest BCUT2D eigenvalue weighted by atomic mass is 16.7. The molecule has 1 amide bonds. The van der Waals surface area contributed by atoms with E-state index in [4.69, 9.17) is 9.47 Å². The lowest BCUT2D eigenvalue weighted by Crippen LogP contribution is -2.41. The van der Waals surface area contributed by atoms with E-state index < -0.39 is 0 Å². The van der Waals surface area contributed by atoms with Crippen LogP contribution in [0.1, 0.15) is 36.5 Å². The van der Waals surface area contributed by atoms with Crippen molar-refractivity contribution in [1.82, 2.24) is 4.90 Å². The zero-order valence-electron chi connectivity index (χ0n) is 12.2. The average molecular weight is 291 g/mol. The Morgan fingerprint density at radius 3 is 2.76 bits per heavy atom. The van der Waals surface area contributed by atoms with E-state index in [1.54, 1.807) is 18.2 Å². The van der Waals surface area contributed by atoms with Crippen LogP contribution in [0.3, 0.4) is 0 Å². The van der Waals surface area contributed by atoms with E-state index in [1.807, 2.05) is 11.8 Å². The summed E-state index contributed by atoms with van der Waals surface area (Å²) < 4.78 is 10.6. The molecule has 1 fully saturated rings. The molecule has 0 aliphatic carbocycles. The molecule has 114 valence electrons. The van der Waals surface area contributed by atoms with Crippen molar-refractivity contribution in [2.75, 3.05) is 19.9 Å². The molecule has 5 nitrogen and oxygen atoms in total. The SMILES string of the molecule is CCC(O)C1CCN(C(=O)c2ccc3c(c2)OCO3)CC1. The van der Waals surface area contributed by atoms with Gasteiger partial charge in [-0.15, -0.1) is 0 Å². The Balaban J connectivity index is 1.64. The van der Waals surface area contributed by atoms with Crippen molar-refractivity contribution in [3.63, 3.8) is 0 Å². The summed E-state index contributed by atoms with van der Waals surface area (Å²) in [6.07, 6.45) is 2.27. The number of nitrogens with zero attached hydrogens (tertiary/aromatic N) is 1. The fraction of sp³-hybridized carbons (Fsp3) is 0.562. The molecule has 2 heterocycles. The zero-order valence-corrected chi connectivity index (χ0v) is 12.2. The van der Waals surface area contributed by atoms with Gasteiger partial charge in [0.15, 0.2) is 11.5 Å². The van der Waals surface area contributed by atoms with Crippen molar-refractivity contribution in [3.8, 4) is 11.5 Å². The van der Waals surface area contributed by atoms with Crippen LogP contribution in [-0.2, 0) is 0 Å². The van der Waals surface area contributed by atoms with Gasteiger partial charge in [-0.2, -0.15) is 0 Å². The highest BCUT2D eigenvalue weighted by Gasteiger charge is 2.27. The molecular weight excluding hydrogens is 270 g/mol. The van der Waals surface area contributed by atoms with Gasteiger partial charge >= 0.3 is 0 Å². The lowest BCUT2D eigenvalue weighted by atomic mass is 9.90. The first-order valence-corrected chi connectivity index (χ1v) is 7.56. The maximum absolute atomic E-state index is 12.5. The second-order valence-corrected chi connectivity index (χ2v) is 5.67. The number of hydrogen-bond donors (Lipinski definition) is 1. The Labute approximate surface area is 124 Å². The van der Waals surface area contributed by atoms with E-state index in [0.717, 1.165) is 19.3 Å². The number of aliphatic hydroxyl groups is 1. The lowest BCUT2D eigenvalue weighted by molar-refractivity contribution is 0.0453. The number of hydrogen-bond acceptors (Lipinski definition) is 4. The van der Waals surface area contributed by atoms with Crippen molar-refractivity contribution in [2.24, 2.45) is 5.92 Å². The molecule has 2 aliphatic rings. The third-order valence-electron chi connectivity index (χ3n) is 4.41. The molecule has 1 N–H and O–H groups in total. The zero-order chi connectivity index (χ0) is 14.8. The Morgan fingerprint density at radius 1 is 1.33 bits per heavy atom. The molecule has 2 aliphatic heterocycles. The van der Waals surface area contributed by atoms with Crippen LogP contribution in [0.15, 0.2) is 18.2 Å². The predicted molar refractivity (Wildman–Crippen MR) is 77.5 cm³/mol. The normalized spacial score (nSPS) is 19.6. The quantitative estimate of drug-likeness (QED) is 0.926.